The van der Waals surface area contributed by atoms with Gasteiger partial charge in [-0.2, -0.15) is 18.4 Å². The van der Waals surface area contributed by atoms with Crippen LogP contribution in [-0.4, -0.2) is 6.04 Å². The maximum absolute atomic E-state index is 12.5. The van der Waals surface area contributed by atoms with E-state index in [1.54, 1.807) is 6.07 Å². The first kappa shape index (κ1) is 15.4. The van der Waals surface area contributed by atoms with Gasteiger partial charge in [0.05, 0.1) is 16.8 Å². The van der Waals surface area contributed by atoms with E-state index in [9.17, 15) is 13.2 Å². The maximum atomic E-state index is 12.5. The summed E-state index contributed by atoms with van der Waals surface area (Å²) in [7, 11) is 0. The summed E-state index contributed by atoms with van der Waals surface area (Å²) in [4.78, 5) is 0. The van der Waals surface area contributed by atoms with Crippen molar-refractivity contribution in [3.05, 3.63) is 29.3 Å². The zero-order valence-electron chi connectivity index (χ0n) is 11.2. The second-order valence-electron chi connectivity index (χ2n) is 5.04. The summed E-state index contributed by atoms with van der Waals surface area (Å²) in [6.07, 6.45) is -3.54. The third-order valence-electron chi connectivity index (χ3n) is 2.69. The lowest BCUT2D eigenvalue weighted by molar-refractivity contribution is -0.137. The Labute approximate surface area is 111 Å². The molecule has 1 rings (SSSR count). The van der Waals surface area contributed by atoms with E-state index in [4.69, 9.17) is 5.26 Å². The Kier molecular flexibility index (Phi) is 4.82. The van der Waals surface area contributed by atoms with Crippen molar-refractivity contribution in [2.45, 2.75) is 39.4 Å². The average molecular weight is 270 g/mol. The van der Waals surface area contributed by atoms with Gasteiger partial charge in [-0.1, -0.05) is 13.8 Å². The van der Waals surface area contributed by atoms with Crippen LogP contribution in [0.15, 0.2) is 18.2 Å². The summed E-state index contributed by atoms with van der Waals surface area (Å²) in [6, 6.07) is 5.09. The van der Waals surface area contributed by atoms with Gasteiger partial charge in [0.2, 0.25) is 0 Å². The van der Waals surface area contributed by atoms with Gasteiger partial charge in [0.1, 0.15) is 6.07 Å². The van der Waals surface area contributed by atoms with Crippen LogP contribution in [-0.2, 0) is 6.18 Å². The van der Waals surface area contributed by atoms with Crippen molar-refractivity contribution in [3.8, 4) is 6.07 Å². The molecule has 2 nitrogen and oxygen atoms in total. The lowest BCUT2D eigenvalue weighted by Crippen LogP contribution is -2.18. The molecule has 5 heteroatoms. The Morgan fingerprint density at radius 3 is 2.37 bits per heavy atom. The number of benzene rings is 1. The topological polar surface area (TPSA) is 35.8 Å². The fraction of sp³-hybridized carbons (Fsp3) is 0.500. The van der Waals surface area contributed by atoms with Crippen LogP contribution in [0, 0.1) is 17.2 Å². The molecule has 0 aliphatic heterocycles. The summed E-state index contributed by atoms with van der Waals surface area (Å²) in [5.74, 6) is 0.475. The maximum Gasteiger partial charge on any atom is 0.416 e. The monoisotopic (exact) mass is 270 g/mol. The number of nitriles is 1. The molecular weight excluding hydrogens is 253 g/mol. The van der Waals surface area contributed by atoms with Gasteiger partial charge in [-0.25, -0.2) is 0 Å². The van der Waals surface area contributed by atoms with Gasteiger partial charge >= 0.3 is 6.18 Å². The van der Waals surface area contributed by atoms with E-state index in [1.807, 2.05) is 6.92 Å². The molecule has 1 aromatic rings. The highest BCUT2D eigenvalue weighted by molar-refractivity contribution is 5.59. The first-order chi connectivity index (χ1) is 8.74. The zero-order chi connectivity index (χ0) is 14.6. The Bertz CT molecular complexity index is 473. The summed E-state index contributed by atoms with van der Waals surface area (Å²) in [5.41, 5.74) is -0.333. The lowest BCUT2D eigenvalue weighted by atomic mass is 10.0. The van der Waals surface area contributed by atoms with Crippen LogP contribution in [0.2, 0.25) is 0 Å². The van der Waals surface area contributed by atoms with Crippen molar-refractivity contribution in [2.75, 3.05) is 5.32 Å². The highest BCUT2D eigenvalue weighted by atomic mass is 19.4. The standard InChI is InChI=1S/C14H17F3N2/c1-9(2)6-10(3)19-13-5-4-12(14(15,16)17)7-11(13)8-18/h4-5,7,9-10,19H,6H2,1-3H3. The largest absolute Gasteiger partial charge is 0.416 e. The molecule has 104 valence electrons. The highest BCUT2D eigenvalue weighted by Gasteiger charge is 2.31. The molecule has 0 aliphatic carbocycles. The van der Waals surface area contributed by atoms with Crippen LogP contribution in [0.4, 0.5) is 18.9 Å². The highest BCUT2D eigenvalue weighted by Crippen LogP contribution is 2.31. The fourth-order valence-corrected chi connectivity index (χ4v) is 1.97. The van der Waals surface area contributed by atoms with Crippen LogP contribution in [0.25, 0.3) is 0 Å². The summed E-state index contributed by atoms with van der Waals surface area (Å²) >= 11 is 0. The molecule has 0 saturated heterocycles. The number of hydrogen-bond donors (Lipinski definition) is 1. The molecule has 1 unspecified atom stereocenters. The first-order valence-corrected chi connectivity index (χ1v) is 6.12. The third kappa shape index (κ3) is 4.47. The van der Waals surface area contributed by atoms with Crippen molar-refractivity contribution >= 4 is 5.69 Å². The minimum Gasteiger partial charge on any atom is -0.382 e. The van der Waals surface area contributed by atoms with Gasteiger partial charge in [0.25, 0.3) is 0 Å². The van der Waals surface area contributed by atoms with Crippen LogP contribution >= 0.6 is 0 Å². The zero-order valence-corrected chi connectivity index (χ0v) is 11.2. The van der Waals surface area contributed by atoms with Crippen molar-refractivity contribution in [1.82, 2.24) is 0 Å². The lowest BCUT2D eigenvalue weighted by Gasteiger charge is -2.18. The number of rotatable bonds is 4. The molecule has 0 heterocycles. The normalized spacial score (nSPS) is 13.2. The summed E-state index contributed by atoms with van der Waals surface area (Å²) < 4.78 is 37.6. The SMILES string of the molecule is CC(C)CC(C)Nc1ccc(C(F)(F)F)cc1C#N. The van der Waals surface area contributed by atoms with Gasteiger partial charge in [-0.15, -0.1) is 0 Å². The predicted octanol–water partition coefficient (Wildman–Crippen LogP) is 4.42. The molecule has 1 N–H and O–H groups in total. The fourth-order valence-electron chi connectivity index (χ4n) is 1.97. The molecule has 19 heavy (non-hydrogen) atoms. The predicted molar refractivity (Wildman–Crippen MR) is 68.7 cm³/mol. The quantitative estimate of drug-likeness (QED) is 0.878. The molecule has 0 fully saturated rings. The number of hydrogen-bond acceptors (Lipinski definition) is 2. The molecule has 0 radical (unpaired) electrons. The molecule has 0 amide bonds. The number of halogens is 3. The van der Waals surface area contributed by atoms with E-state index in [2.05, 4.69) is 19.2 Å². The molecule has 0 spiro atoms. The second-order valence-corrected chi connectivity index (χ2v) is 5.04. The van der Waals surface area contributed by atoms with Gasteiger partial charge in [-0.05, 0) is 37.5 Å². The summed E-state index contributed by atoms with van der Waals surface area (Å²) in [5, 5.41) is 12.0. The summed E-state index contributed by atoms with van der Waals surface area (Å²) in [6.45, 7) is 6.07. The minimum absolute atomic E-state index is 0.0189. The van der Waals surface area contributed by atoms with E-state index < -0.39 is 11.7 Å². The number of nitrogens with one attached hydrogen (secondary N) is 1. The first-order valence-electron chi connectivity index (χ1n) is 6.12. The van der Waals surface area contributed by atoms with Crippen LogP contribution in [0.5, 0.6) is 0 Å². The molecule has 0 bridgehead atoms. The molecule has 1 aromatic carbocycles. The van der Waals surface area contributed by atoms with Crippen molar-refractivity contribution in [1.29, 1.82) is 5.26 Å². The second kappa shape index (κ2) is 5.96. The Hall–Kier alpha value is -1.70. The van der Waals surface area contributed by atoms with Gasteiger partial charge < -0.3 is 5.32 Å². The average Bonchev–Trinajstić information content (AvgIpc) is 2.26. The van der Waals surface area contributed by atoms with Gasteiger partial charge in [-0.3, -0.25) is 0 Å². The van der Waals surface area contributed by atoms with Crippen molar-refractivity contribution in [2.24, 2.45) is 5.92 Å². The van der Waals surface area contributed by atoms with Crippen LogP contribution < -0.4 is 5.32 Å². The number of anilines is 1. The van der Waals surface area contributed by atoms with Gasteiger partial charge in [0.15, 0.2) is 0 Å². The smallest absolute Gasteiger partial charge is 0.382 e. The third-order valence-corrected chi connectivity index (χ3v) is 2.69. The van der Waals surface area contributed by atoms with Crippen molar-refractivity contribution in [3.63, 3.8) is 0 Å². The molecule has 0 saturated carbocycles. The van der Waals surface area contributed by atoms with E-state index in [1.165, 1.54) is 6.07 Å². The van der Waals surface area contributed by atoms with Crippen LogP contribution in [0.1, 0.15) is 38.3 Å². The van der Waals surface area contributed by atoms with Gasteiger partial charge in [0, 0.05) is 6.04 Å². The molecular formula is C14H17F3N2. The Balaban J connectivity index is 2.95. The molecule has 1 atom stereocenters. The van der Waals surface area contributed by atoms with Crippen molar-refractivity contribution < 1.29 is 13.2 Å². The molecule has 0 aromatic heterocycles. The minimum atomic E-state index is -4.42. The Morgan fingerprint density at radius 1 is 1.26 bits per heavy atom. The van der Waals surface area contributed by atoms with E-state index in [-0.39, 0.29) is 11.6 Å². The van der Waals surface area contributed by atoms with E-state index in [0.717, 1.165) is 18.6 Å². The molecule has 0 aliphatic rings. The van der Waals surface area contributed by atoms with Crippen LogP contribution in [0.3, 0.4) is 0 Å². The van der Waals surface area contributed by atoms with E-state index >= 15 is 0 Å². The number of nitrogens with zero attached hydrogens (tertiary/aromatic N) is 1. The number of alkyl halides is 3. The van der Waals surface area contributed by atoms with E-state index in [0.29, 0.717) is 11.6 Å². The Morgan fingerprint density at radius 2 is 1.89 bits per heavy atom.